The van der Waals surface area contributed by atoms with Crippen molar-refractivity contribution in [2.75, 3.05) is 11.9 Å². The van der Waals surface area contributed by atoms with Gasteiger partial charge in [-0.1, -0.05) is 6.07 Å². The summed E-state index contributed by atoms with van der Waals surface area (Å²) in [5.41, 5.74) is -0.734. The summed E-state index contributed by atoms with van der Waals surface area (Å²) in [5, 5.41) is 2.55. The zero-order chi connectivity index (χ0) is 15.0. The molecule has 20 heavy (non-hydrogen) atoms. The van der Waals surface area contributed by atoms with Gasteiger partial charge >= 0.3 is 18.1 Å². The number of esters is 1. The number of hydrogen-bond donors (Lipinski definition) is 1. The van der Waals surface area contributed by atoms with Crippen LogP contribution < -0.4 is 5.32 Å². The average Bonchev–Trinajstić information content (AvgIpc) is 2.60. The van der Waals surface area contributed by atoms with E-state index in [1.165, 1.54) is 12.1 Å². The van der Waals surface area contributed by atoms with Gasteiger partial charge in [-0.2, -0.15) is 22.0 Å². The molecule has 0 radical (unpaired) electrons. The number of alkyl halides is 5. The Morgan fingerprint density at radius 1 is 1.35 bits per heavy atom. The summed E-state index contributed by atoms with van der Waals surface area (Å²) < 4.78 is 67.6. The minimum atomic E-state index is -4.48. The van der Waals surface area contributed by atoms with E-state index in [-0.39, 0.29) is 12.2 Å². The number of ether oxygens (including phenoxy) is 1. The molecule has 0 spiro atoms. The molecule has 1 saturated heterocycles. The normalized spacial score (nSPS) is 21.6. The van der Waals surface area contributed by atoms with Crippen LogP contribution >= 0.6 is 0 Å². The number of nitrogens with one attached hydrogen (secondary N) is 1. The second-order valence-electron chi connectivity index (χ2n) is 4.40. The van der Waals surface area contributed by atoms with Gasteiger partial charge < -0.3 is 10.1 Å². The first-order valence-electron chi connectivity index (χ1n) is 5.68. The van der Waals surface area contributed by atoms with Gasteiger partial charge in [-0.3, -0.25) is 0 Å². The highest BCUT2D eigenvalue weighted by atomic mass is 19.4. The van der Waals surface area contributed by atoms with E-state index in [9.17, 15) is 26.7 Å². The fourth-order valence-corrected chi connectivity index (χ4v) is 1.80. The fraction of sp³-hybridized carbons (Fsp3) is 0.417. The molecule has 1 aliphatic rings. The molecule has 8 heteroatoms. The van der Waals surface area contributed by atoms with Gasteiger partial charge in [-0.25, -0.2) is 4.79 Å². The summed E-state index contributed by atoms with van der Waals surface area (Å²) in [6.45, 7) is -0.178. The standard InChI is InChI=1S/C12H10F5NO2/c13-11(14)5-9(20-10(11)19)6-18-8-3-1-2-7(4-8)12(15,16)17/h1-4,9,18H,5-6H2. The quantitative estimate of drug-likeness (QED) is 0.688. The van der Waals surface area contributed by atoms with Crippen LogP contribution in [0, 0.1) is 0 Å². The van der Waals surface area contributed by atoms with Crippen LogP contribution in [0.15, 0.2) is 24.3 Å². The summed E-state index contributed by atoms with van der Waals surface area (Å²) in [5.74, 6) is -5.13. The molecule has 1 N–H and O–H groups in total. The number of rotatable bonds is 3. The first kappa shape index (κ1) is 14.5. The van der Waals surface area contributed by atoms with Gasteiger partial charge in [0.1, 0.15) is 6.10 Å². The van der Waals surface area contributed by atoms with Crippen molar-refractivity contribution in [2.24, 2.45) is 0 Å². The molecule has 0 aromatic heterocycles. The number of anilines is 1. The van der Waals surface area contributed by atoms with Crippen molar-refractivity contribution < 1.29 is 31.5 Å². The third-order valence-electron chi connectivity index (χ3n) is 2.78. The number of carbonyl (C=O) groups excluding carboxylic acids is 1. The maximum absolute atomic E-state index is 12.9. The van der Waals surface area contributed by atoms with Crippen molar-refractivity contribution in [1.29, 1.82) is 0 Å². The zero-order valence-corrected chi connectivity index (χ0v) is 10.0. The fourth-order valence-electron chi connectivity index (χ4n) is 1.80. The van der Waals surface area contributed by atoms with Crippen LogP contribution in [0.5, 0.6) is 0 Å². The molecule has 1 aliphatic heterocycles. The lowest BCUT2D eigenvalue weighted by Crippen LogP contribution is -2.22. The maximum Gasteiger partial charge on any atom is 0.416 e. The summed E-state index contributed by atoms with van der Waals surface area (Å²) in [6, 6.07) is 4.31. The van der Waals surface area contributed by atoms with Crippen LogP contribution in [0.2, 0.25) is 0 Å². The van der Waals surface area contributed by atoms with Gasteiger partial charge in [0.05, 0.1) is 18.5 Å². The molecule has 3 nitrogen and oxygen atoms in total. The Bertz CT molecular complexity index is 515. The number of cyclic esters (lactones) is 1. The Hall–Kier alpha value is -1.86. The van der Waals surface area contributed by atoms with Crippen molar-refractivity contribution in [3.05, 3.63) is 29.8 Å². The lowest BCUT2D eigenvalue weighted by Gasteiger charge is -2.13. The molecule has 1 heterocycles. The molecule has 0 bridgehead atoms. The van der Waals surface area contributed by atoms with Crippen molar-refractivity contribution in [3.8, 4) is 0 Å². The van der Waals surface area contributed by atoms with Crippen molar-refractivity contribution in [2.45, 2.75) is 24.6 Å². The molecule has 1 unspecified atom stereocenters. The van der Waals surface area contributed by atoms with E-state index in [0.717, 1.165) is 12.1 Å². The minimum absolute atomic E-state index is 0.117. The average molecular weight is 295 g/mol. The summed E-state index contributed by atoms with van der Waals surface area (Å²) >= 11 is 0. The smallest absolute Gasteiger partial charge is 0.416 e. The number of carbonyl (C=O) groups is 1. The summed E-state index contributed by atoms with van der Waals surface area (Å²) in [6.07, 6.45) is -6.32. The molecule has 0 aliphatic carbocycles. The van der Waals surface area contributed by atoms with E-state index < -0.39 is 36.2 Å². The van der Waals surface area contributed by atoms with Gasteiger partial charge in [0.2, 0.25) is 0 Å². The number of hydrogen-bond acceptors (Lipinski definition) is 3. The monoisotopic (exact) mass is 295 g/mol. The lowest BCUT2D eigenvalue weighted by atomic mass is 10.1. The highest BCUT2D eigenvalue weighted by Crippen LogP contribution is 2.32. The van der Waals surface area contributed by atoms with E-state index in [2.05, 4.69) is 10.1 Å². The number of halogens is 5. The third kappa shape index (κ3) is 3.17. The maximum atomic E-state index is 12.9. The van der Waals surface area contributed by atoms with Crippen LogP contribution in [-0.2, 0) is 15.7 Å². The van der Waals surface area contributed by atoms with E-state index in [1.54, 1.807) is 0 Å². The third-order valence-corrected chi connectivity index (χ3v) is 2.78. The van der Waals surface area contributed by atoms with Crippen molar-refractivity contribution >= 4 is 11.7 Å². The SMILES string of the molecule is O=C1OC(CNc2cccc(C(F)(F)F)c2)CC1(F)F. The van der Waals surface area contributed by atoms with Gasteiger partial charge in [0, 0.05) is 5.69 Å². The largest absolute Gasteiger partial charge is 0.456 e. The van der Waals surface area contributed by atoms with Crippen molar-refractivity contribution in [3.63, 3.8) is 0 Å². The lowest BCUT2D eigenvalue weighted by molar-refractivity contribution is -0.158. The van der Waals surface area contributed by atoms with E-state index in [0.29, 0.717) is 0 Å². The number of benzene rings is 1. The molecule has 1 fully saturated rings. The Kier molecular flexibility index (Phi) is 3.58. The second-order valence-corrected chi connectivity index (χ2v) is 4.40. The Labute approximate surface area is 110 Å². The summed E-state index contributed by atoms with van der Waals surface area (Å²) in [4.78, 5) is 10.8. The van der Waals surface area contributed by atoms with Crippen LogP contribution in [0.3, 0.4) is 0 Å². The van der Waals surface area contributed by atoms with Gasteiger partial charge in [0.25, 0.3) is 0 Å². The minimum Gasteiger partial charge on any atom is -0.456 e. The van der Waals surface area contributed by atoms with E-state index in [1.807, 2.05) is 0 Å². The highest BCUT2D eigenvalue weighted by Gasteiger charge is 2.50. The van der Waals surface area contributed by atoms with Gasteiger partial charge in [-0.15, -0.1) is 0 Å². The van der Waals surface area contributed by atoms with Crippen LogP contribution in [-0.4, -0.2) is 24.5 Å². The van der Waals surface area contributed by atoms with Gasteiger partial charge in [0.15, 0.2) is 0 Å². The van der Waals surface area contributed by atoms with Crippen LogP contribution in [0.1, 0.15) is 12.0 Å². The Morgan fingerprint density at radius 2 is 2.05 bits per heavy atom. The zero-order valence-electron chi connectivity index (χ0n) is 10.0. The van der Waals surface area contributed by atoms with Crippen LogP contribution in [0.4, 0.5) is 27.6 Å². The molecular weight excluding hydrogens is 285 g/mol. The predicted octanol–water partition coefficient (Wildman–Crippen LogP) is 3.07. The highest BCUT2D eigenvalue weighted by molar-refractivity contribution is 5.79. The molecule has 1 aromatic carbocycles. The molecule has 0 amide bonds. The topological polar surface area (TPSA) is 38.3 Å². The molecule has 1 aromatic rings. The predicted molar refractivity (Wildman–Crippen MR) is 59.4 cm³/mol. The summed E-state index contributed by atoms with van der Waals surface area (Å²) in [7, 11) is 0. The molecule has 2 rings (SSSR count). The first-order chi connectivity index (χ1) is 9.18. The van der Waals surface area contributed by atoms with E-state index >= 15 is 0 Å². The first-order valence-corrected chi connectivity index (χ1v) is 5.68. The Morgan fingerprint density at radius 3 is 2.60 bits per heavy atom. The molecular formula is C12H10F5NO2. The molecule has 110 valence electrons. The second kappa shape index (κ2) is 4.92. The molecule has 1 atom stereocenters. The molecule has 0 saturated carbocycles. The Balaban J connectivity index is 1.97. The van der Waals surface area contributed by atoms with Crippen LogP contribution in [0.25, 0.3) is 0 Å². The van der Waals surface area contributed by atoms with Crippen molar-refractivity contribution in [1.82, 2.24) is 0 Å². The van der Waals surface area contributed by atoms with E-state index in [4.69, 9.17) is 0 Å². The van der Waals surface area contributed by atoms with Gasteiger partial charge in [-0.05, 0) is 18.2 Å².